The van der Waals surface area contributed by atoms with Gasteiger partial charge in [-0.1, -0.05) is 41.4 Å². The van der Waals surface area contributed by atoms with Crippen molar-refractivity contribution in [2.75, 3.05) is 9.62 Å². The van der Waals surface area contributed by atoms with E-state index in [2.05, 4.69) is 10.0 Å². The van der Waals surface area contributed by atoms with Gasteiger partial charge in [0.1, 0.15) is 6.67 Å². The van der Waals surface area contributed by atoms with Crippen LogP contribution in [0.2, 0.25) is 10.0 Å². The van der Waals surface area contributed by atoms with Gasteiger partial charge in [0.05, 0.1) is 37.7 Å². The van der Waals surface area contributed by atoms with E-state index in [1.165, 1.54) is 47.4 Å². The van der Waals surface area contributed by atoms with Gasteiger partial charge in [0, 0.05) is 11.3 Å². The molecular formula is C25H16Cl2FN3O5S2. The highest BCUT2D eigenvalue weighted by atomic mass is 35.5. The zero-order valence-electron chi connectivity index (χ0n) is 19.1. The maximum Gasteiger partial charge on any atom is 0.290 e. The lowest BCUT2D eigenvalue weighted by Gasteiger charge is -2.18. The van der Waals surface area contributed by atoms with E-state index in [4.69, 9.17) is 23.2 Å². The molecule has 194 valence electrons. The number of nitrogens with zero attached hydrogens (tertiary/aromatic N) is 1. The maximum atomic E-state index is 13.6. The second kappa shape index (κ2) is 10.1. The van der Waals surface area contributed by atoms with Crippen molar-refractivity contribution >= 4 is 79.0 Å². The fourth-order valence-corrected chi connectivity index (χ4v) is 6.21. The number of carbonyl (C=O) groups excluding carboxylic acids is 3. The highest BCUT2D eigenvalue weighted by molar-refractivity contribution is 8.18. The molecule has 1 fully saturated rings. The molecule has 13 heteroatoms. The van der Waals surface area contributed by atoms with Gasteiger partial charge in [0.25, 0.3) is 27.1 Å². The second-order valence-electron chi connectivity index (χ2n) is 8.30. The maximum absolute atomic E-state index is 13.6. The molecule has 0 atom stereocenters. The molecule has 2 heterocycles. The summed E-state index contributed by atoms with van der Waals surface area (Å²) in [4.78, 5) is 39.0. The number of carbonyl (C=O) groups is 3. The molecule has 2 aliphatic heterocycles. The van der Waals surface area contributed by atoms with Crippen LogP contribution >= 0.6 is 35.0 Å². The first-order valence-corrected chi connectivity index (χ1v) is 14.0. The van der Waals surface area contributed by atoms with E-state index in [0.29, 0.717) is 33.6 Å². The summed E-state index contributed by atoms with van der Waals surface area (Å²) in [5.41, 5.74) is 1.69. The van der Waals surface area contributed by atoms with Crippen molar-refractivity contribution in [3.05, 3.63) is 92.3 Å². The summed E-state index contributed by atoms with van der Waals surface area (Å²) in [5.74, 6) is -1.33. The first-order valence-electron chi connectivity index (χ1n) is 10.9. The Labute approximate surface area is 230 Å². The van der Waals surface area contributed by atoms with Gasteiger partial charge in [-0.2, -0.15) is 0 Å². The van der Waals surface area contributed by atoms with Gasteiger partial charge in [0.15, 0.2) is 0 Å². The Morgan fingerprint density at radius 1 is 0.921 bits per heavy atom. The van der Waals surface area contributed by atoms with Crippen LogP contribution in [-0.2, 0) is 32.8 Å². The van der Waals surface area contributed by atoms with Crippen molar-refractivity contribution in [3.8, 4) is 0 Å². The molecule has 2 N–H and O–H groups in total. The Morgan fingerprint density at radius 3 is 2.26 bits per heavy atom. The van der Waals surface area contributed by atoms with Crippen molar-refractivity contribution in [2.45, 2.75) is 18.1 Å². The average Bonchev–Trinajstić information content (AvgIpc) is 3.35. The topological polar surface area (TPSA) is 113 Å². The van der Waals surface area contributed by atoms with Gasteiger partial charge in [0.2, 0.25) is 0 Å². The Balaban J connectivity index is 1.58. The molecule has 8 nitrogen and oxygen atoms in total. The summed E-state index contributed by atoms with van der Waals surface area (Å²) in [5, 5.41) is 2.11. The van der Waals surface area contributed by atoms with Crippen LogP contribution in [0.15, 0.2) is 70.5 Å². The van der Waals surface area contributed by atoms with Crippen molar-refractivity contribution in [1.82, 2.24) is 5.32 Å². The predicted molar refractivity (Wildman–Crippen MR) is 144 cm³/mol. The van der Waals surface area contributed by atoms with Gasteiger partial charge in [-0.3, -0.25) is 24.4 Å². The molecule has 38 heavy (non-hydrogen) atoms. The first-order chi connectivity index (χ1) is 18.1. The van der Waals surface area contributed by atoms with Crippen LogP contribution in [-0.4, -0.2) is 25.5 Å². The molecule has 2 aliphatic rings. The highest BCUT2D eigenvalue weighted by Gasteiger charge is 2.40. The minimum absolute atomic E-state index is 0.0466. The molecule has 0 spiro atoms. The molecule has 0 unspecified atom stereocenters. The fraction of sp³-hybridized carbons (Fsp3) is 0.0800. The van der Waals surface area contributed by atoms with Gasteiger partial charge in [-0.25, -0.2) is 12.8 Å². The van der Waals surface area contributed by atoms with Crippen molar-refractivity contribution in [1.29, 1.82) is 0 Å². The number of thioether (sulfide) groups is 1. The number of sulfonamides is 1. The smallest absolute Gasteiger partial charge is 0.290 e. The Bertz CT molecular complexity index is 1660. The summed E-state index contributed by atoms with van der Waals surface area (Å²) in [7, 11) is -4.13. The van der Waals surface area contributed by atoms with E-state index in [1.807, 2.05) is 0 Å². The first kappa shape index (κ1) is 26.2. The van der Waals surface area contributed by atoms with Crippen molar-refractivity contribution in [2.24, 2.45) is 0 Å². The van der Waals surface area contributed by atoms with E-state index in [-0.39, 0.29) is 38.2 Å². The normalized spacial score (nSPS) is 17.1. The van der Waals surface area contributed by atoms with Gasteiger partial charge >= 0.3 is 0 Å². The summed E-state index contributed by atoms with van der Waals surface area (Å²) in [6, 6.07) is 14.7. The third kappa shape index (κ3) is 4.90. The number of halogens is 3. The standard InChI is InChI=1S/C25H16Cl2FN3O5S2/c26-18-7-3-14(9-19(18)27)12-31-20-8-6-16(38(35,36)30-15-4-1-13(11-28)2-5-15)10-17(20)21(24(31)33)22-23(32)29-25(34)37-22/h1-10,30H,11-12H2,(H,29,32,34). The van der Waals surface area contributed by atoms with Crippen LogP contribution in [0, 0.1) is 0 Å². The fourth-order valence-electron chi connectivity index (χ4n) is 4.03. The molecule has 0 bridgehead atoms. The zero-order chi connectivity index (χ0) is 27.2. The van der Waals surface area contributed by atoms with Crippen LogP contribution < -0.4 is 14.9 Å². The largest absolute Gasteiger partial charge is 0.303 e. The molecule has 3 aromatic carbocycles. The molecule has 0 aliphatic carbocycles. The molecular weight excluding hydrogens is 576 g/mol. The Kier molecular flexibility index (Phi) is 6.95. The molecule has 3 aromatic rings. The number of nitrogens with one attached hydrogen (secondary N) is 2. The SMILES string of the molecule is O=C1NC(=O)C(=C2C(=O)N(Cc3ccc(Cl)c(Cl)c3)c3ccc(S(=O)(=O)Nc4ccc(CF)cc4)cc32)S1. The second-order valence-corrected chi connectivity index (χ2v) is 11.8. The molecule has 0 radical (unpaired) electrons. The van der Waals surface area contributed by atoms with Crippen LogP contribution in [0.4, 0.5) is 20.6 Å². The van der Waals surface area contributed by atoms with E-state index in [0.717, 1.165) is 0 Å². The number of anilines is 2. The third-order valence-corrected chi connectivity index (χ3v) is 8.83. The quantitative estimate of drug-likeness (QED) is 0.366. The molecule has 5 rings (SSSR count). The summed E-state index contributed by atoms with van der Waals surface area (Å²) < 4.78 is 41.5. The summed E-state index contributed by atoms with van der Waals surface area (Å²) >= 11 is 12.7. The number of imide groups is 1. The molecule has 0 saturated carbocycles. The average molecular weight is 592 g/mol. The van der Waals surface area contributed by atoms with Crippen LogP contribution in [0.25, 0.3) is 5.57 Å². The Hall–Kier alpha value is -3.38. The monoisotopic (exact) mass is 591 g/mol. The van der Waals surface area contributed by atoms with Gasteiger partial charge in [-0.15, -0.1) is 0 Å². The lowest BCUT2D eigenvalue weighted by Crippen LogP contribution is -2.26. The van der Waals surface area contributed by atoms with E-state index < -0.39 is 33.8 Å². The van der Waals surface area contributed by atoms with Crippen LogP contribution in [0.3, 0.4) is 0 Å². The number of rotatable bonds is 6. The zero-order valence-corrected chi connectivity index (χ0v) is 22.3. The highest BCUT2D eigenvalue weighted by Crippen LogP contribution is 2.44. The number of benzene rings is 3. The number of amides is 3. The molecule has 0 aromatic heterocycles. The predicted octanol–water partition coefficient (Wildman–Crippen LogP) is 5.50. The summed E-state index contributed by atoms with van der Waals surface area (Å²) in [6.07, 6.45) is 0. The van der Waals surface area contributed by atoms with Crippen LogP contribution in [0.5, 0.6) is 0 Å². The third-order valence-electron chi connectivity index (χ3n) is 5.83. The van der Waals surface area contributed by atoms with Gasteiger partial charge in [-0.05, 0) is 65.4 Å². The summed E-state index contributed by atoms with van der Waals surface area (Å²) in [6.45, 7) is -0.638. The lowest BCUT2D eigenvalue weighted by atomic mass is 10.1. The lowest BCUT2D eigenvalue weighted by molar-refractivity contribution is -0.116. The van der Waals surface area contributed by atoms with Crippen molar-refractivity contribution in [3.63, 3.8) is 0 Å². The number of hydrogen-bond donors (Lipinski definition) is 2. The molecule has 1 saturated heterocycles. The van der Waals surface area contributed by atoms with Crippen LogP contribution in [0.1, 0.15) is 16.7 Å². The number of alkyl halides is 1. The van der Waals surface area contributed by atoms with Gasteiger partial charge < -0.3 is 4.90 Å². The number of hydrogen-bond acceptors (Lipinski definition) is 6. The van der Waals surface area contributed by atoms with Crippen molar-refractivity contribution < 1.29 is 27.2 Å². The molecule has 3 amide bonds. The Morgan fingerprint density at radius 2 is 1.63 bits per heavy atom. The minimum atomic E-state index is -4.13. The van der Waals surface area contributed by atoms with E-state index >= 15 is 0 Å². The van der Waals surface area contributed by atoms with E-state index in [1.54, 1.807) is 18.2 Å². The number of fused-ring (bicyclic) bond motifs is 1. The van der Waals surface area contributed by atoms with E-state index in [9.17, 15) is 27.2 Å². The minimum Gasteiger partial charge on any atom is -0.303 e.